The quantitative estimate of drug-likeness (QED) is 0.810. The van der Waals surface area contributed by atoms with Gasteiger partial charge in [-0.25, -0.2) is 19.0 Å². The zero-order chi connectivity index (χ0) is 17.0. The van der Waals surface area contributed by atoms with Gasteiger partial charge in [0.2, 0.25) is 5.91 Å². The molecule has 0 bridgehead atoms. The fraction of sp³-hybridized carbons (Fsp3) is 0.286. The van der Waals surface area contributed by atoms with Crippen LogP contribution in [0.1, 0.15) is 19.8 Å². The summed E-state index contributed by atoms with van der Waals surface area (Å²) in [6.07, 6.45) is -1.08. The van der Waals surface area contributed by atoms with Gasteiger partial charge in [-0.2, -0.15) is 5.10 Å². The van der Waals surface area contributed by atoms with E-state index in [1.807, 2.05) is 0 Å². The van der Waals surface area contributed by atoms with Crippen LogP contribution in [0.25, 0.3) is 0 Å². The maximum absolute atomic E-state index is 13.4. The van der Waals surface area contributed by atoms with Crippen LogP contribution < -0.4 is 10.7 Å². The molecule has 1 aliphatic rings. The Labute approximate surface area is 129 Å². The van der Waals surface area contributed by atoms with Gasteiger partial charge >= 0.3 is 5.97 Å². The lowest BCUT2D eigenvalue weighted by molar-refractivity contribution is -0.146. The molecule has 1 atom stereocenters. The zero-order valence-electron chi connectivity index (χ0n) is 12.1. The third-order valence-corrected chi connectivity index (χ3v) is 2.98. The lowest BCUT2D eigenvalue weighted by Gasteiger charge is -2.16. The Morgan fingerprint density at radius 3 is 2.74 bits per heavy atom. The molecule has 122 valence electrons. The monoisotopic (exact) mass is 325 g/mol. The van der Waals surface area contributed by atoms with Crippen molar-refractivity contribution in [3.8, 4) is 0 Å². The smallest absolute Gasteiger partial charge is 0.355 e. The summed E-state index contributed by atoms with van der Waals surface area (Å²) in [5.74, 6) is -3.57. The number of hydrogen-bond donors (Lipinski definition) is 2. The van der Waals surface area contributed by atoms with Crippen molar-refractivity contribution in [1.29, 1.82) is 0 Å². The number of nitrogens with zero attached hydrogens (tertiary/aromatic N) is 1. The summed E-state index contributed by atoms with van der Waals surface area (Å²) in [5.41, 5.74) is 1.74. The Morgan fingerprint density at radius 1 is 1.35 bits per heavy atom. The van der Waals surface area contributed by atoms with Crippen LogP contribution in [-0.2, 0) is 19.1 Å². The van der Waals surface area contributed by atoms with E-state index in [2.05, 4.69) is 15.8 Å². The van der Waals surface area contributed by atoms with E-state index in [-0.39, 0.29) is 30.1 Å². The van der Waals surface area contributed by atoms with Gasteiger partial charge in [0.05, 0.1) is 5.69 Å². The van der Waals surface area contributed by atoms with E-state index in [1.165, 1.54) is 6.92 Å². The minimum Gasteiger partial charge on any atom is -0.448 e. The standard InChI is InChI=1S/C14H13F2N3O4/c1-7(23-14(22)10-4-5-12(20)19-18-10)13(21)17-11-6-8(15)2-3-9(11)16/h2-3,6-7H,4-5H2,1H3,(H,17,21)(H,19,20)/t7-/m1/s1. The van der Waals surface area contributed by atoms with Gasteiger partial charge in [0, 0.05) is 18.9 Å². The predicted octanol–water partition coefficient (Wildman–Crippen LogP) is 1.10. The van der Waals surface area contributed by atoms with E-state index >= 15 is 0 Å². The van der Waals surface area contributed by atoms with Gasteiger partial charge < -0.3 is 10.1 Å². The molecule has 0 aromatic heterocycles. The van der Waals surface area contributed by atoms with Gasteiger partial charge in [0.15, 0.2) is 6.10 Å². The fourth-order valence-electron chi connectivity index (χ4n) is 1.73. The number of ether oxygens (including phenoxy) is 1. The zero-order valence-corrected chi connectivity index (χ0v) is 12.1. The molecule has 0 fully saturated rings. The number of hydrazone groups is 1. The van der Waals surface area contributed by atoms with E-state index in [9.17, 15) is 23.2 Å². The van der Waals surface area contributed by atoms with Gasteiger partial charge in [0.25, 0.3) is 5.91 Å². The Bertz CT molecular complexity index is 691. The van der Waals surface area contributed by atoms with Crippen LogP contribution in [-0.4, -0.2) is 29.6 Å². The minimum atomic E-state index is -1.26. The number of esters is 1. The Balaban J connectivity index is 1.96. The molecule has 0 spiro atoms. The highest BCUT2D eigenvalue weighted by molar-refractivity contribution is 6.37. The molecule has 7 nitrogen and oxygen atoms in total. The maximum Gasteiger partial charge on any atom is 0.355 e. The van der Waals surface area contributed by atoms with Crippen LogP contribution in [0, 0.1) is 11.6 Å². The number of halogens is 2. The third kappa shape index (κ3) is 4.31. The number of carbonyl (C=O) groups excluding carboxylic acids is 3. The molecule has 2 amide bonds. The normalized spacial score (nSPS) is 15.3. The van der Waals surface area contributed by atoms with Crippen LogP contribution in [0.2, 0.25) is 0 Å². The second-order valence-electron chi connectivity index (χ2n) is 4.75. The summed E-state index contributed by atoms with van der Waals surface area (Å²) in [6.45, 7) is 1.27. The molecule has 23 heavy (non-hydrogen) atoms. The van der Waals surface area contributed by atoms with E-state index in [1.54, 1.807) is 0 Å². The van der Waals surface area contributed by atoms with Crippen molar-refractivity contribution in [1.82, 2.24) is 5.43 Å². The second kappa shape index (κ2) is 6.95. The molecule has 1 aromatic carbocycles. The van der Waals surface area contributed by atoms with Gasteiger partial charge in [-0.15, -0.1) is 0 Å². The first-order chi connectivity index (χ1) is 10.9. The van der Waals surface area contributed by atoms with Crippen molar-refractivity contribution >= 4 is 29.2 Å². The Hall–Kier alpha value is -2.84. The molecule has 0 unspecified atom stereocenters. The van der Waals surface area contributed by atoms with Gasteiger partial charge in [-0.05, 0) is 19.1 Å². The molecule has 0 saturated heterocycles. The number of amides is 2. The van der Waals surface area contributed by atoms with E-state index < -0.39 is 29.6 Å². The van der Waals surface area contributed by atoms with Gasteiger partial charge in [-0.1, -0.05) is 0 Å². The lowest BCUT2D eigenvalue weighted by Crippen LogP contribution is -2.35. The molecule has 0 saturated carbocycles. The number of rotatable bonds is 4. The van der Waals surface area contributed by atoms with Crippen LogP contribution >= 0.6 is 0 Å². The SMILES string of the molecule is C[C@@H](OC(=O)C1=NNC(=O)CC1)C(=O)Nc1cc(F)ccc1F. The average Bonchev–Trinajstić information content (AvgIpc) is 2.51. The van der Waals surface area contributed by atoms with Gasteiger partial charge in [-0.3, -0.25) is 9.59 Å². The first-order valence-corrected chi connectivity index (χ1v) is 6.69. The average molecular weight is 325 g/mol. The fourth-order valence-corrected chi connectivity index (χ4v) is 1.73. The van der Waals surface area contributed by atoms with Crippen molar-refractivity contribution in [3.63, 3.8) is 0 Å². The van der Waals surface area contributed by atoms with Crippen LogP contribution in [0.5, 0.6) is 0 Å². The van der Waals surface area contributed by atoms with E-state index in [0.29, 0.717) is 0 Å². The summed E-state index contributed by atoms with van der Waals surface area (Å²) < 4.78 is 31.3. The largest absolute Gasteiger partial charge is 0.448 e. The van der Waals surface area contributed by atoms with Crippen molar-refractivity contribution in [2.24, 2.45) is 5.10 Å². The summed E-state index contributed by atoms with van der Waals surface area (Å²) in [7, 11) is 0. The van der Waals surface area contributed by atoms with Crippen molar-refractivity contribution in [2.45, 2.75) is 25.9 Å². The Morgan fingerprint density at radius 2 is 2.09 bits per heavy atom. The highest BCUT2D eigenvalue weighted by Crippen LogP contribution is 2.16. The highest BCUT2D eigenvalue weighted by Gasteiger charge is 2.24. The molecule has 1 aromatic rings. The molecule has 1 heterocycles. The van der Waals surface area contributed by atoms with E-state index in [4.69, 9.17) is 4.74 Å². The van der Waals surface area contributed by atoms with Crippen molar-refractivity contribution in [3.05, 3.63) is 29.8 Å². The van der Waals surface area contributed by atoms with Crippen LogP contribution in [0.4, 0.5) is 14.5 Å². The first kappa shape index (κ1) is 16.5. The molecular formula is C14H13F2N3O4. The van der Waals surface area contributed by atoms with Gasteiger partial charge in [0.1, 0.15) is 17.3 Å². The molecule has 1 aliphatic heterocycles. The molecule has 0 radical (unpaired) electrons. The van der Waals surface area contributed by atoms with Crippen LogP contribution in [0.3, 0.4) is 0 Å². The summed E-state index contributed by atoms with van der Waals surface area (Å²) in [5, 5.41) is 5.66. The summed E-state index contributed by atoms with van der Waals surface area (Å²) >= 11 is 0. The first-order valence-electron chi connectivity index (χ1n) is 6.69. The topological polar surface area (TPSA) is 96.9 Å². The number of hydrogen-bond acceptors (Lipinski definition) is 5. The predicted molar refractivity (Wildman–Crippen MR) is 75.4 cm³/mol. The maximum atomic E-state index is 13.4. The second-order valence-corrected chi connectivity index (χ2v) is 4.75. The molecule has 2 N–H and O–H groups in total. The summed E-state index contributed by atoms with van der Waals surface area (Å²) in [6, 6.07) is 2.58. The van der Waals surface area contributed by atoms with Crippen LogP contribution in [0.15, 0.2) is 23.3 Å². The number of benzene rings is 1. The Kier molecular flexibility index (Phi) is 4.99. The lowest BCUT2D eigenvalue weighted by atomic mass is 10.2. The van der Waals surface area contributed by atoms with E-state index in [0.717, 1.165) is 18.2 Å². The molecule has 2 rings (SSSR count). The molecular weight excluding hydrogens is 312 g/mol. The number of anilines is 1. The summed E-state index contributed by atoms with van der Waals surface area (Å²) in [4.78, 5) is 34.6. The highest BCUT2D eigenvalue weighted by atomic mass is 19.1. The molecule has 9 heteroatoms. The number of carbonyl (C=O) groups is 3. The third-order valence-electron chi connectivity index (χ3n) is 2.98. The van der Waals surface area contributed by atoms with Crippen molar-refractivity contribution in [2.75, 3.05) is 5.32 Å². The number of nitrogens with one attached hydrogen (secondary N) is 2. The molecule has 0 aliphatic carbocycles. The van der Waals surface area contributed by atoms with Crippen molar-refractivity contribution < 1.29 is 27.9 Å². The minimum absolute atomic E-state index is 0.0267.